The molecule has 0 aliphatic heterocycles. The Balaban J connectivity index is 1.57. The summed E-state index contributed by atoms with van der Waals surface area (Å²) in [6.07, 6.45) is 3.12. The zero-order chi connectivity index (χ0) is 24.7. The average Bonchev–Trinajstić information content (AvgIpc) is 2.86. The normalized spacial score (nSPS) is 11.5. The molecule has 0 amide bonds. The first-order valence-corrected chi connectivity index (χ1v) is 11.8. The third-order valence-corrected chi connectivity index (χ3v) is 6.83. The summed E-state index contributed by atoms with van der Waals surface area (Å²) in [5.41, 5.74) is 2.60. The summed E-state index contributed by atoms with van der Waals surface area (Å²) in [6.45, 7) is 0.342. The number of methoxy groups -OCH3 is 1. The van der Waals surface area contributed by atoms with Crippen molar-refractivity contribution in [2.75, 3.05) is 21.2 Å². The number of nitrogens with zero attached hydrogens (tertiary/aromatic N) is 1. The number of hydrogen-bond donors (Lipinski definition) is 0. The molecule has 34 heavy (non-hydrogen) atoms. The quantitative estimate of drug-likeness (QED) is 0.260. The maximum absolute atomic E-state index is 12.4. The first kappa shape index (κ1) is 24.9. The number of carbonyl (C=O) groups is 2. The van der Waals surface area contributed by atoms with Crippen molar-refractivity contribution in [2.24, 2.45) is 0 Å². The summed E-state index contributed by atoms with van der Waals surface area (Å²) < 4.78 is 35.8. The smallest absolute Gasteiger partial charge is 0.337 e. The van der Waals surface area contributed by atoms with Gasteiger partial charge in [-0.2, -0.15) is 0 Å². The fraction of sp³-hybridized carbons (Fsp3) is 0.154. The molecule has 0 aromatic heterocycles. The molecule has 0 N–H and O–H groups in total. The predicted octanol–water partition coefficient (Wildman–Crippen LogP) is 4.20. The van der Waals surface area contributed by atoms with Crippen LogP contribution in [-0.4, -0.2) is 45.7 Å². The van der Waals surface area contributed by atoms with Crippen molar-refractivity contribution in [1.29, 1.82) is 0 Å². The summed E-state index contributed by atoms with van der Waals surface area (Å²) in [6, 6.07) is 20.1. The summed E-state index contributed by atoms with van der Waals surface area (Å²) >= 11 is 0. The SMILES string of the molecule is COC(=O)c1ccc(COc2ccc(/C=C/C(=O)c3ccc(S(=O)(=O)N(C)C)cc3)cc2)cc1. The molecule has 3 aromatic carbocycles. The second-order valence-electron chi connectivity index (χ2n) is 7.56. The molecule has 0 spiro atoms. The number of hydrogen-bond acceptors (Lipinski definition) is 6. The zero-order valence-corrected chi connectivity index (χ0v) is 19.9. The molecule has 176 valence electrons. The molecular weight excluding hydrogens is 454 g/mol. The number of allylic oxidation sites excluding steroid dienone is 1. The van der Waals surface area contributed by atoms with Crippen molar-refractivity contribution in [3.05, 3.63) is 101 Å². The van der Waals surface area contributed by atoms with E-state index in [0.717, 1.165) is 15.4 Å². The Labute approximate surface area is 199 Å². The molecule has 0 bridgehead atoms. The summed E-state index contributed by atoms with van der Waals surface area (Å²) in [4.78, 5) is 24.0. The van der Waals surface area contributed by atoms with Crippen molar-refractivity contribution in [3.63, 3.8) is 0 Å². The Morgan fingerprint density at radius 1 is 0.853 bits per heavy atom. The molecule has 0 atom stereocenters. The van der Waals surface area contributed by atoms with Gasteiger partial charge in [-0.15, -0.1) is 0 Å². The standard InChI is InChI=1S/C26H25NO6S/c1-27(2)34(30,31)24-15-11-21(12-16-24)25(28)17-8-19-6-13-23(14-7-19)33-18-20-4-9-22(10-5-20)26(29)32-3/h4-17H,18H2,1-3H3/b17-8+. The van der Waals surface area contributed by atoms with Crippen LogP contribution in [0.5, 0.6) is 5.75 Å². The molecule has 7 nitrogen and oxygen atoms in total. The van der Waals surface area contributed by atoms with Gasteiger partial charge < -0.3 is 9.47 Å². The van der Waals surface area contributed by atoms with Crippen molar-refractivity contribution in [3.8, 4) is 5.75 Å². The van der Waals surface area contributed by atoms with Gasteiger partial charge in [0.2, 0.25) is 10.0 Å². The van der Waals surface area contributed by atoms with E-state index in [1.165, 1.54) is 51.5 Å². The van der Waals surface area contributed by atoms with E-state index in [9.17, 15) is 18.0 Å². The molecule has 8 heteroatoms. The van der Waals surface area contributed by atoms with Gasteiger partial charge in [-0.05, 0) is 65.7 Å². The molecule has 0 fully saturated rings. The highest BCUT2D eigenvalue weighted by Gasteiger charge is 2.17. The van der Waals surface area contributed by atoms with E-state index < -0.39 is 10.0 Å². The summed E-state index contributed by atoms with van der Waals surface area (Å²) in [7, 11) is 0.716. The molecule has 0 radical (unpaired) electrons. The molecule has 0 unspecified atom stereocenters. The Hall–Kier alpha value is -3.75. The molecule has 3 aromatic rings. The molecule has 0 saturated carbocycles. The Morgan fingerprint density at radius 2 is 1.44 bits per heavy atom. The first-order valence-electron chi connectivity index (χ1n) is 10.4. The third kappa shape index (κ3) is 6.18. The number of benzene rings is 3. The van der Waals surface area contributed by atoms with E-state index in [1.807, 2.05) is 12.1 Å². The lowest BCUT2D eigenvalue weighted by atomic mass is 10.1. The fourth-order valence-electron chi connectivity index (χ4n) is 2.97. The van der Waals surface area contributed by atoms with Crippen LogP contribution in [0.15, 0.2) is 83.8 Å². The lowest BCUT2D eigenvalue weighted by Crippen LogP contribution is -2.22. The van der Waals surface area contributed by atoms with Crippen molar-refractivity contribution >= 4 is 27.9 Å². The van der Waals surface area contributed by atoms with Crippen LogP contribution in [0.1, 0.15) is 31.8 Å². The largest absolute Gasteiger partial charge is 0.489 e. The minimum Gasteiger partial charge on any atom is -0.489 e. The van der Waals surface area contributed by atoms with Crippen LogP contribution in [-0.2, 0) is 21.4 Å². The number of ketones is 1. The van der Waals surface area contributed by atoms with E-state index in [0.29, 0.717) is 23.5 Å². The molecule has 0 aliphatic rings. The first-order chi connectivity index (χ1) is 16.2. The van der Waals surface area contributed by atoms with Crippen LogP contribution in [0, 0.1) is 0 Å². The van der Waals surface area contributed by atoms with Gasteiger partial charge in [-0.3, -0.25) is 4.79 Å². The molecule has 0 aliphatic carbocycles. The minimum atomic E-state index is -3.53. The lowest BCUT2D eigenvalue weighted by Gasteiger charge is -2.11. The Bertz CT molecular complexity index is 1280. The predicted molar refractivity (Wildman–Crippen MR) is 129 cm³/mol. The lowest BCUT2D eigenvalue weighted by molar-refractivity contribution is 0.0600. The third-order valence-electron chi connectivity index (χ3n) is 5.01. The second-order valence-corrected chi connectivity index (χ2v) is 9.71. The number of esters is 1. The highest BCUT2D eigenvalue weighted by molar-refractivity contribution is 7.89. The fourth-order valence-corrected chi connectivity index (χ4v) is 3.87. The van der Waals surface area contributed by atoms with Gasteiger partial charge in [0.25, 0.3) is 0 Å². The molecule has 0 saturated heterocycles. The number of carbonyl (C=O) groups excluding carboxylic acids is 2. The van der Waals surface area contributed by atoms with E-state index in [2.05, 4.69) is 4.74 Å². The van der Waals surface area contributed by atoms with E-state index in [-0.39, 0.29) is 16.6 Å². The van der Waals surface area contributed by atoms with Crippen molar-refractivity contribution in [1.82, 2.24) is 4.31 Å². The highest BCUT2D eigenvalue weighted by atomic mass is 32.2. The zero-order valence-electron chi connectivity index (χ0n) is 19.1. The van der Waals surface area contributed by atoms with Crippen LogP contribution in [0.4, 0.5) is 0 Å². The van der Waals surface area contributed by atoms with Crippen LogP contribution >= 0.6 is 0 Å². The van der Waals surface area contributed by atoms with Crippen LogP contribution in [0.25, 0.3) is 6.08 Å². The van der Waals surface area contributed by atoms with E-state index in [1.54, 1.807) is 42.5 Å². The molecule has 3 rings (SSSR count). The minimum absolute atomic E-state index is 0.132. The Morgan fingerprint density at radius 3 is 2.00 bits per heavy atom. The van der Waals surface area contributed by atoms with Gasteiger partial charge in [0.15, 0.2) is 5.78 Å². The number of ether oxygens (including phenoxy) is 2. The topological polar surface area (TPSA) is 90.0 Å². The van der Waals surface area contributed by atoms with E-state index >= 15 is 0 Å². The average molecular weight is 480 g/mol. The van der Waals surface area contributed by atoms with Gasteiger partial charge in [0, 0.05) is 19.7 Å². The van der Waals surface area contributed by atoms with Crippen molar-refractivity contribution in [2.45, 2.75) is 11.5 Å². The van der Waals surface area contributed by atoms with Crippen LogP contribution in [0.2, 0.25) is 0 Å². The number of rotatable bonds is 9. The molecule has 0 heterocycles. The highest BCUT2D eigenvalue weighted by Crippen LogP contribution is 2.17. The summed E-state index contributed by atoms with van der Waals surface area (Å²) in [5.74, 6) is 0.0478. The maximum atomic E-state index is 12.4. The maximum Gasteiger partial charge on any atom is 0.337 e. The monoisotopic (exact) mass is 479 g/mol. The molecular formula is C26H25NO6S. The van der Waals surface area contributed by atoms with Gasteiger partial charge in [-0.25, -0.2) is 17.5 Å². The van der Waals surface area contributed by atoms with Gasteiger partial charge >= 0.3 is 5.97 Å². The van der Waals surface area contributed by atoms with Crippen LogP contribution < -0.4 is 4.74 Å². The van der Waals surface area contributed by atoms with Crippen LogP contribution in [0.3, 0.4) is 0 Å². The Kier molecular flexibility index (Phi) is 7.99. The summed E-state index contributed by atoms with van der Waals surface area (Å²) in [5, 5.41) is 0. The van der Waals surface area contributed by atoms with E-state index in [4.69, 9.17) is 4.74 Å². The second kappa shape index (κ2) is 10.9. The van der Waals surface area contributed by atoms with Gasteiger partial charge in [0.05, 0.1) is 17.6 Å². The van der Waals surface area contributed by atoms with Gasteiger partial charge in [-0.1, -0.05) is 30.3 Å². The van der Waals surface area contributed by atoms with Gasteiger partial charge in [0.1, 0.15) is 12.4 Å². The number of sulfonamides is 1. The van der Waals surface area contributed by atoms with Crippen molar-refractivity contribution < 1.29 is 27.5 Å².